The summed E-state index contributed by atoms with van der Waals surface area (Å²) in [7, 11) is 0. The molecule has 27 heavy (non-hydrogen) atoms. The van der Waals surface area contributed by atoms with Crippen molar-refractivity contribution in [3.63, 3.8) is 0 Å². The van der Waals surface area contributed by atoms with Gasteiger partial charge in [0.1, 0.15) is 0 Å². The topological polar surface area (TPSA) is 90.0 Å². The minimum absolute atomic E-state index is 0.0792. The number of hydroxylamine groups is 2. The zero-order valence-corrected chi connectivity index (χ0v) is 20.6. The van der Waals surface area contributed by atoms with Gasteiger partial charge in [-0.2, -0.15) is 0 Å². The van der Waals surface area contributed by atoms with Crippen LogP contribution in [0.15, 0.2) is 12.1 Å². The summed E-state index contributed by atoms with van der Waals surface area (Å²) in [6.45, 7) is 0.259. The minimum Gasteiger partial charge on any atom is -0.462 e. The first kappa shape index (κ1) is 22.8. The minimum atomic E-state index is -0.612. The highest BCUT2D eigenvalue weighted by Gasteiger charge is 2.32. The monoisotopic (exact) mass is 711 g/mol. The van der Waals surface area contributed by atoms with E-state index in [1.165, 1.54) is 0 Å². The van der Waals surface area contributed by atoms with E-state index in [0.717, 1.165) is 10.7 Å². The van der Waals surface area contributed by atoms with Gasteiger partial charge in [-0.05, 0) is 99.2 Å². The van der Waals surface area contributed by atoms with Crippen LogP contribution in [0.2, 0.25) is 0 Å². The van der Waals surface area contributed by atoms with Crippen LogP contribution in [-0.4, -0.2) is 35.4 Å². The first-order valence-electron chi connectivity index (χ1n) is 8.18. The van der Waals surface area contributed by atoms with Crippen LogP contribution in [0.5, 0.6) is 0 Å². The molecule has 1 saturated heterocycles. The van der Waals surface area contributed by atoms with Gasteiger partial charge in [-0.1, -0.05) is 0 Å². The fourth-order valence-corrected chi connectivity index (χ4v) is 4.63. The Labute approximate surface area is 197 Å². The van der Waals surface area contributed by atoms with Crippen LogP contribution < -0.4 is 0 Å². The van der Waals surface area contributed by atoms with E-state index in [0.29, 0.717) is 29.9 Å². The number of hydrogen-bond acceptors (Lipinski definition) is 6. The smallest absolute Gasteiger partial charge is 0.340 e. The Hall–Kier alpha value is -0.510. The molecule has 1 heterocycles. The van der Waals surface area contributed by atoms with Gasteiger partial charge in [0.05, 0.1) is 12.2 Å². The number of unbranched alkanes of at least 4 members (excludes halogenated alkanes) is 2. The van der Waals surface area contributed by atoms with Crippen molar-refractivity contribution in [1.29, 1.82) is 0 Å². The van der Waals surface area contributed by atoms with Crippen LogP contribution in [0.1, 0.15) is 48.9 Å². The molecule has 2 amide bonds. The lowest BCUT2D eigenvalue weighted by Crippen LogP contribution is -2.31. The van der Waals surface area contributed by atoms with Gasteiger partial charge in [0, 0.05) is 30.0 Å². The number of benzene rings is 1. The number of ether oxygens (including phenoxy) is 1. The molecule has 146 valence electrons. The summed E-state index contributed by atoms with van der Waals surface area (Å²) < 4.78 is 8.03. The van der Waals surface area contributed by atoms with Crippen molar-refractivity contribution in [2.75, 3.05) is 6.61 Å². The Kier molecular flexibility index (Phi) is 9.18. The van der Waals surface area contributed by atoms with Crippen molar-refractivity contribution in [1.82, 2.24) is 5.06 Å². The predicted octanol–water partition coefficient (Wildman–Crippen LogP) is 3.82. The molecule has 7 nitrogen and oxygen atoms in total. The van der Waals surface area contributed by atoms with Crippen LogP contribution in [-0.2, 0) is 24.0 Å². The fourth-order valence-electron chi connectivity index (χ4n) is 2.30. The second kappa shape index (κ2) is 10.9. The van der Waals surface area contributed by atoms with Gasteiger partial charge >= 0.3 is 11.9 Å². The van der Waals surface area contributed by atoms with Gasteiger partial charge in [-0.3, -0.25) is 9.59 Å². The number of esters is 1. The normalized spacial score (nSPS) is 13.8. The SMILES string of the molecule is O=C(CCCCCOC(=O)c1c(I)ccc(I)c1I)ON1C(=O)CCC1=O. The molecule has 2 rings (SSSR count). The summed E-state index contributed by atoms with van der Waals surface area (Å²) in [6.07, 6.45) is 2.04. The zero-order valence-electron chi connectivity index (χ0n) is 14.1. The lowest BCUT2D eigenvalue weighted by atomic mass is 10.2. The Morgan fingerprint density at radius 3 is 2.26 bits per heavy atom. The lowest BCUT2D eigenvalue weighted by Gasteiger charge is -2.12. The molecule has 0 radical (unpaired) electrons. The van der Waals surface area contributed by atoms with E-state index in [4.69, 9.17) is 9.57 Å². The van der Waals surface area contributed by atoms with E-state index in [1.807, 2.05) is 12.1 Å². The molecular weight excluding hydrogens is 695 g/mol. The summed E-state index contributed by atoms with van der Waals surface area (Å²) >= 11 is 6.42. The van der Waals surface area contributed by atoms with Crippen LogP contribution in [0.3, 0.4) is 0 Å². The average Bonchev–Trinajstić information content (AvgIpc) is 2.93. The number of nitrogens with zero attached hydrogens (tertiary/aromatic N) is 1. The molecule has 0 aromatic heterocycles. The Balaban J connectivity index is 1.65. The summed E-state index contributed by atoms with van der Waals surface area (Å²) in [5, 5.41) is 0.550. The van der Waals surface area contributed by atoms with E-state index in [-0.39, 0.29) is 31.8 Å². The molecule has 1 aliphatic rings. The molecule has 0 N–H and O–H groups in total. The second-order valence-corrected chi connectivity index (χ2v) is 9.11. The maximum atomic E-state index is 12.3. The van der Waals surface area contributed by atoms with Crippen LogP contribution in [0.4, 0.5) is 0 Å². The highest BCUT2D eigenvalue weighted by atomic mass is 127. The average molecular weight is 711 g/mol. The maximum absolute atomic E-state index is 12.3. The second-order valence-electron chi connectivity index (χ2n) is 5.71. The number of halogens is 3. The molecular formula is C17H16I3NO6. The number of rotatable bonds is 8. The maximum Gasteiger partial charge on any atom is 0.340 e. The van der Waals surface area contributed by atoms with Crippen molar-refractivity contribution < 1.29 is 28.8 Å². The number of carbonyl (C=O) groups is 4. The third kappa shape index (κ3) is 6.51. The summed E-state index contributed by atoms with van der Waals surface area (Å²) in [6, 6.07) is 3.83. The van der Waals surface area contributed by atoms with Crippen molar-refractivity contribution >= 4 is 91.5 Å². The Morgan fingerprint density at radius 2 is 1.59 bits per heavy atom. The number of carbonyl (C=O) groups excluding carboxylic acids is 4. The van der Waals surface area contributed by atoms with E-state index in [2.05, 4.69) is 67.8 Å². The molecule has 0 bridgehead atoms. The largest absolute Gasteiger partial charge is 0.462 e. The van der Waals surface area contributed by atoms with Crippen LogP contribution in [0.25, 0.3) is 0 Å². The molecule has 0 spiro atoms. The first-order valence-corrected chi connectivity index (χ1v) is 11.4. The van der Waals surface area contributed by atoms with Crippen molar-refractivity contribution in [2.45, 2.75) is 38.5 Å². The number of amides is 2. The van der Waals surface area contributed by atoms with E-state index < -0.39 is 17.8 Å². The molecule has 1 aromatic carbocycles. The molecule has 0 saturated carbocycles. The number of hydrogen-bond donors (Lipinski definition) is 0. The third-order valence-corrected chi connectivity index (χ3v) is 7.66. The highest BCUT2D eigenvalue weighted by Crippen LogP contribution is 2.25. The fraction of sp³-hybridized carbons (Fsp3) is 0.412. The van der Waals surface area contributed by atoms with Crippen molar-refractivity contribution in [3.8, 4) is 0 Å². The summed E-state index contributed by atoms with van der Waals surface area (Å²) in [5.74, 6) is -1.94. The summed E-state index contributed by atoms with van der Waals surface area (Å²) in [5.41, 5.74) is 0.576. The van der Waals surface area contributed by atoms with Gasteiger partial charge in [-0.25, -0.2) is 9.59 Å². The standard InChI is InChI=1S/C17H16I3NO6/c18-10-5-6-11(19)16(20)15(10)17(25)26-9-3-1-2-4-14(24)27-21-12(22)7-8-13(21)23/h5-6H,1-4,7-9H2. The Bertz CT molecular complexity index is 751. The van der Waals surface area contributed by atoms with Crippen LogP contribution >= 0.6 is 67.8 Å². The van der Waals surface area contributed by atoms with Gasteiger partial charge in [0.2, 0.25) is 0 Å². The van der Waals surface area contributed by atoms with Crippen molar-refractivity contribution in [2.24, 2.45) is 0 Å². The lowest BCUT2D eigenvalue weighted by molar-refractivity contribution is -0.197. The molecule has 1 aromatic rings. The van der Waals surface area contributed by atoms with E-state index in [9.17, 15) is 19.2 Å². The number of imide groups is 1. The Morgan fingerprint density at radius 1 is 0.963 bits per heavy atom. The third-order valence-electron chi connectivity index (χ3n) is 3.71. The van der Waals surface area contributed by atoms with Crippen LogP contribution in [0, 0.1) is 10.7 Å². The molecule has 0 aliphatic carbocycles. The molecule has 0 unspecified atom stereocenters. The predicted molar refractivity (Wildman–Crippen MR) is 121 cm³/mol. The van der Waals surface area contributed by atoms with Gasteiger partial charge < -0.3 is 9.57 Å². The molecule has 0 atom stereocenters. The van der Waals surface area contributed by atoms with Gasteiger partial charge in [0.15, 0.2) is 0 Å². The molecule has 1 fully saturated rings. The zero-order chi connectivity index (χ0) is 20.0. The van der Waals surface area contributed by atoms with Crippen molar-refractivity contribution in [3.05, 3.63) is 28.4 Å². The first-order chi connectivity index (χ1) is 12.8. The van der Waals surface area contributed by atoms with Gasteiger partial charge in [-0.15, -0.1) is 5.06 Å². The van der Waals surface area contributed by atoms with Gasteiger partial charge in [0.25, 0.3) is 11.8 Å². The van der Waals surface area contributed by atoms with E-state index in [1.54, 1.807) is 0 Å². The summed E-state index contributed by atoms with van der Waals surface area (Å²) in [4.78, 5) is 51.4. The van der Waals surface area contributed by atoms with E-state index >= 15 is 0 Å². The quantitative estimate of drug-likeness (QED) is 0.134. The highest BCUT2D eigenvalue weighted by molar-refractivity contribution is 14.1. The molecule has 10 heteroatoms. The molecule has 1 aliphatic heterocycles.